The zero-order chi connectivity index (χ0) is 13.1. The van der Waals surface area contributed by atoms with Crippen LogP contribution in [0, 0.1) is 0 Å². The van der Waals surface area contributed by atoms with E-state index in [4.69, 9.17) is 10.5 Å². The quantitative estimate of drug-likeness (QED) is 0.886. The molecule has 0 aliphatic carbocycles. The van der Waals surface area contributed by atoms with Crippen LogP contribution in [0.25, 0.3) is 0 Å². The lowest BCUT2D eigenvalue weighted by Gasteiger charge is -2.20. The summed E-state index contributed by atoms with van der Waals surface area (Å²) in [6.07, 6.45) is 0.361. The molecule has 1 heterocycles. The van der Waals surface area contributed by atoms with Gasteiger partial charge in [-0.15, -0.1) is 12.4 Å². The summed E-state index contributed by atoms with van der Waals surface area (Å²) in [6, 6.07) is 7.93. The number of rotatable bonds is 4. The standard InChI is InChI=1S/C14H20N2O2.ClH/c1-9(15)7-14(17)16-10(2)12-8-18-13-6-4-3-5-11(12)13;/h3-6,9-10,12H,7-8,15H2,1-2H3,(H,16,17);1H. The Hall–Kier alpha value is -1.26. The van der Waals surface area contributed by atoms with Gasteiger partial charge in [-0.2, -0.15) is 0 Å². The van der Waals surface area contributed by atoms with E-state index in [1.54, 1.807) is 0 Å². The summed E-state index contributed by atoms with van der Waals surface area (Å²) in [7, 11) is 0. The summed E-state index contributed by atoms with van der Waals surface area (Å²) in [4.78, 5) is 11.7. The molecule has 0 aromatic heterocycles. The topological polar surface area (TPSA) is 64.4 Å². The first-order valence-corrected chi connectivity index (χ1v) is 6.34. The third-order valence-electron chi connectivity index (χ3n) is 3.24. The molecule has 2 rings (SSSR count). The molecule has 1 aliphatic rings. The van der Waals surface area contributed by atoms with Gasteiger partial charge >= 0.3 is 0 Å². The van der Waals surface area contributed by atoms with Crippen LogP contribution in [0.5, 0.6) is 5.75 Å². The highest BCUT2D eigenvalue weighted by Crippen LogP contribution is 2.35. The molecular weight excluding hydrogens is 264 g/mol. The lowest BCUT2D eigenvalue weighted by molar-refractivity contribution is -0.122. The van der Waals surface area contributed by atoms with Crippen molar-refractivity contribution < 1.29 is 9.53 Å². The van der Waals surface area contributed by atoms with E-state index in [2.05, 4.69) is 11.4 Å². The molecule has 1 amide bonds. The summed E-state index contributed by atoms with van der Waals surface area (Å²) < 4.78 is 5.62. The Bertz CT molecular complexity index is 437. The molecule has 1 aliphatic heterocycles. The first kappa shape index (κ1) is 15.8. The Morgan fingerprint density at radius 2 is 2.16 bits per heavy atom. The van der Waals surface area contributed by atoms with E-state index in [1.807, 2.05) is 32.0 Å². The largest absolute Gasteiger partial charge is 0.493 e. The fraction of sp³-hybridized carbons (Fsp3) is 0.500. The summed E-state index contributed by atoms with van der Waals surface area (Å²) in [5.74, 6) is 1.15. The van der Waals surface area contributed by atoms with Gasteiger partial charge in [0.05, 0.1) is 6.61 Å². The molecule has 3 N–H and O–H groups in total. The molecule has 4 nitrogen and oxygen atoms in total. The van der Waals surface area contributed by atoms with Crippen LogP contribution >= 0.6 is 12.4 Å². The molecule has 1 aromatic rings. The van der Waals surface area contributed by atoms with E-state index in [1.165, 1.54) is 5.56 Å². The second-order valence-electron chi connectivity index (χ2n) is 4.99. The first-order valence-electron chi connectivity index (χ1n) is 6.34. The van der Waals surface area contributed by atoms with Gasteiger partial charge in [0.15, 0.2) is 0 Å². The van der Waals surface area contributed by atoms with Crippen LogP contribution < -0.4 is 15.8 Å². The van der Waals surface area contributed by atoms with Crippen LogP contribution in [0.3, 0.4) is 0 Å². The fourth-order valence-electron chi connectivity index (χ4n) is 2.31. The van der Waals surface area contributed by atoms with E-state index < -0.39 is 0 Å². The summed E-state index contributed by atoms with van der Waals surface area (Å²) >= 11 is 0. The van der Waals surface area contributed by atoms with Gasteiger partial charge in [-0.25, -0.2) is 0 Å². The van der Waals surface area contributed by atoms with E-state index in [-0.39, 0.29) is 36.3 Å². The fourth-order valence-corrected chi connectivity index (χ4v) is 2.31. The molecule has 106 valence electrons. The third-order valence-corrected chi connectivity index (χ3v) is 3.24. The van der Waals surface area contributed by atoms with Crippen molar-refractivity contribution in [2.45, 2.75) is 38.3 Å². The van der Waals surface area contributed by atoms with Crippen molar-refractivity contribution >= 4 is 18.3 Å². The zero-order valence-corrected chi connectivity index (χ0v) is 12.1. The number of nitrogens with one attached hydrogen (secondary N) is 1. The maximum Gasteiger partial charge on any atom is 0.221 e. The third kappa shape index (κ3) is 3.85. The Labute approximate surface area is 120 Å². The number of fused-ring (bicyclic) bond motifs is 1. The maximum atomic E-state index is 11.7. The number of hydrogen-bond acceptors (Lipinski definition) is 3. The van der Waals surface area contributed by atoms with E-state index in [0.717, 1.165) is 5.75 Å². The minimum absolute atomic E-state index is 0. The molecule has 5 heteroatoms. The Morgan fingerprint density at radius 1 is 1.47 bits per heavy atom. The van der Waals surface area contributed by atoms with Crippen molar-refractivity contribution in [2.24, 2.45) is 5.73 Å². The Kier molecular flexibility index (Phi) is 5.63. The molecular formula is C14H21ClN2O2. The number of benzene rings is 1. The maximum absolute atomic E-state index is 11.7. The molecule has 1 aromatic carbocycles. The minimum Gasteiger partial charge on any atom is -0.493 e. The average molecular weight is 285 g/mol. The number of carbonyl (C=O) groups is 1. The highest BCUT2D eigenvalue weighted by Gasteiger charge is 2.29. The van der Waals surface area contributed by atoms with Crippen molar-refractivity contribution in [3.8, 4) is 5.75 Å². The van der Waals surface area contributed by atoms with Crippen LogP contribution in [-0.4, -0.2) is 24.6 Å². The molecule has 0 fully saturated rings. The van der Waals surface area contributed by atoms with Gasteiger partial charge in [0.2, 0.25) is 5.91 Å². The Morgan fingerprint density at radius 3 is 2.84 bits per heavy atom. The summed E-state index contributed by atoms with van der Waals surface area (Å²) in [5.41, 5.74) is 6.79. The number of carbonyl (C=O) groups excluding carboxylic acids is 1. The number of hydrogen-bond donors (Lipinski definition) is 2. The van der Waals surface area contributed by atoms with Gasteiger partial charge in [-0.1, -0.05) is 18.2 Å². The Balaban J connectivity index is 0.00000180. The highest BCUT2D eigenvalue weighted by atomic mass is 35.5. The van der Waals surface area contributed by atoms with Gasteiger partial charge in [-0.05, 0) is 19.9 Å². The van der Waals surface area contributed by atoms with Crippen molar-refractivity contribution in [3.05, 3.63) is 29.8 Å². The monoisotopic (exact) mass is 284 g/mol. The zero-order valence-electron chi connectivity index (χ0n) is 11.3. The molecule has 0 saturated heterocycles. The van der Waals surface area contributed by atoms with Crippen LogP contribution in [0.15, 0.2) is 24.3 Å². The molecule has 3 unspecified atom stereocenters. The molecule has 19 heavy (non-hydrogen) atoms. The lowest BCUT2D eigenvalue weighted by Crippen LogP contribution is -2.39. The minimum atomic E-state index is -0.107. The van der Waals surface area contributed by atoms with E-state index >= 15 is 0 Å². The second kappa shape index (κ2) is 6.78. The van der Waals surface area contributed by atoms with Gasteiger partial charge < -0.3 is 15.8 Å². The van der Waals surface area contributed by atoms with Gasteiger partial charge in [0.1, 0.15) is 5.75 Å². The molecule has 0 bridgehead atoms. The van der Waals surface area contributed by atoms with Gasteiger partial charge in [0, 0.05) is 30.0 Å². The van der Waals surface area contributed by atoms with Crippen LogP contribution in [0.1, 0.15) is 31.7 Å². The van der Waals surface area contributed by atoms with Gasteiger partial charge in [-0.3, -0.25) is 4.79 Å². The number of halogens is 1. The summed E-state index contributed by atoms with van der Waals surface area (Å²) in [5, 5.41) is 3.00. The first-order chi connectivity index (χ1) is 8.58. The smallest absolute Gasteiger partial charge is 0.221 e. The lowest BCUT2D eigenvalue weighted by atomic mass is 9.94. The average Bonchev–Trinajstić information content (AvgIpc) is 2.71. The molecule has 3 atom stereocenters. The number of para-hydroxylation sites is 1. The van der Waals surface area contributed by atoms with Crippen LogP contribution in [0.2, 0.25) is 0 Å². The van der Waals surface area contributed by atoms with Crippen LogP contribution in [-0.2, 0) is 4.79 Å². The van der Waals surface area contributed by atoms with Crippen molar-refractivity contribution in [3.63, 3.8) is 0 Å². The predicted molar refractivity (Wildman–Crippen MR) is 77.8 cm³/mol. The number of amides is 1. The van der Waals surface area contributed by atoms with E-state index in [9.17, 15) is 4.79 Å². The number of nitrogens with two attached hydrogens (primary N) is 1. The predicted octanol–water partition coefficient (Wildman–Crippen LogP) is 1.83. The van der Waals surface area contributed by atoms with Crippen molar-refractivity contribution in [1.29, 1.82) is 0 Å². The highest BCUT2D eigenvalue weighted by molar-refractivity contribution is 5.85. The molecule has 0 saturated carbocycles. The van der Waals surface area contributed by atoms with Crippen LogP contribution in [0.4, 0.5) is 0 Å². The van der Waals surface area contributed by atoms with E-state index in [0.29, 0.717) is 13.0 Å². The van der Waals surface area contributed by atoms with Crippen molar-refractivity contribution in [2.75, 3.05) is 6.61 Å². The summed E-state index contributed by atoms with van der Waals surface area (Å²) in [6.45, 7) is 4.46. The second-order valence-corrected chi connectivity index (χ2v) is 4.99. The molecule has 0 radical (unpaired) electrons. The molecule has 0 spiro atoms. The van der Waals surface area contributed by atoms with Crippen molar-refractivity contribution in [1.82, 2.24) is 5.32 Å². The SMILES string of the molecule is CC(N)CC(=O)NC(C)C1COc2ccccc21.Cl. The number of ether oxygens (including phenoxy) is 1. The van der Waals surface area contributed by atoms with Gasteiger partial charge in [0.25, 0.3) is 0 Å². The normalized spacial score (nSPS) is 19.6.